The number of carboxylic acids is 1. The van der Waals surface area contributed by atoms with Crippen LogP contribution in [0.4, 0.5) is 0 Å². The zero-order valence-electron chi connectivity index (χ0n) is 8.53. The van der Waals surface area contributed by atoms with Crippen molar-refractivity contribution in [3.05, 3.63) is 16.1 Å². The molecule has 0 saturated heterocycles. The molecule has 1 aliphatic heterocycles. The molecule has 1 unspecified atom stereocenters. The number of nitrogens with zero attached hydrogens (tertiary/aromatic N) is 2. The van der Waals surface area contributed by atoms with Crippen molar-refractivity contribution in [1.29, 1.82) is 0 Å². The van der Waals surface area contributed by atoms with Gasteiger partial charge in [0, 0.05) is 6.54 Å². The summed E-state index contributed by atoms with van der Waals surface area (Å²) in [6, 6.07) is 0. The number of rotatable bonds is 2. The molecule has 2 heterocycles. The van der Waals surface area contributed by atoms with Crippen molar-refractivity contribution in [3.63, 3.8) is 0 Å². The molecule has 0 spiro atoms. The van der Waals surface area contributed by atoms with E-state index >= 15 is 0 Å². The van der Waals surface area contributed by atoms with Crippen LogP contribution in [0.1, 0.15) is 37.2 Å². The van der Waals surface area contributed by atoms with Gasteiger partial charge < -0.3 is 9.67 Å². The van der Waals surface area contributed by atoms with Crippen LogP contribution in [0, 0.1) is 0 Å². The summed E-state index contributed by atoms with van der Waals surface area (Å²) in [4.78, 5) is 15.2. The maximum absolute atomic E-state index is 10.9. The van der Waals surface area contributed by atoms with Gasteiger partial charge in [-0.05, 0) is 42.1 Å². The number of carboxylic acid groups (broad SMARTS) is 1. The Balaban J connectivity index is 2.44. The number of hydrogen-bond donors (Lipinski definition) is 1. The fourth-order valence-electron chi connectivity index (χ4n) is 1.97. The second-order valence-corrected chi connectivity index (χ2v) is 4.63. The molecule has 0 aliphatic carbocycles. The Morgan fingerprint density at radius 3 is 3.00 bits per heavy atom. The third-order valence-electron chi connectivity index (χ3n) is 2.86. The molecular formula is C10H13BrN2O2. The monoisotopic (exact) mass is 272 g/mol. The maximum atomic E-state index is 10.9. The van der Waals surface area contributed by atoms with Crippen molar-refractivity contribution < 1.29 is 9.90 Å². The Hall–Kier alpha value is -0.840. The molecule has 1 N–H and O–H groups in total. The average Bonchev–Trinajstić information content (AvgIpc) is 2.56. The SMILES string of the molecule is CC(C(=O)O)c1nc(Br)c2n1CCCC2. The van der Waals surface area contributed by atoms with Crippen LogP contribution in [0.25, 0.3) is 0 Å². The number of imidazole rings is 1. The second kappa shape index (κ2) is 3.96. The molecule has 5 heteroatoms. The molecule has 1 atom stereocenters. The minimum atomic E-state index is -0.819. The molecule has 0 bridgehead atoms. The van der Waals surface area contributed by atoms with Crippen molar-refractivity contribution in [2.75, 3.05) is 0 Å². The molecule has 1 aliphatic rings. The third kappa shape index (κ3) is 1.80. The Morgan fingerprint density at radius 1 is 1.60 bits per heavy atom. The van der Waals surface area contributed by atoms with Gasteiger partial charge in [-0.2, -0.15) is 0 Å². The average molecular weight is 273 g/mol. The molecule has 82 valence electrons. The molecule has 0 radical (unpaired) electrons. The summed E-state index contributed by atoms with van der Waals surface area (Å²) in [5, 5.41) is 8.98. The third-order valence-corrected chi connectivity index (χ3v) is 3.49. The number of aliphatic carboxylic acids is 1. The predicted octanol–water partition coefficient (Wildman–Crippen LogP) is 2.17. The van der Waals surface area contributed by atoms with Crippen molar-refractivity contribution >= 4 is 21.9 Å². The van der Waals surface area contributed by atoms with Crippen LogP contribution in [-0.4, -0.2) is 20.6 Å². The molecule has 15 heavy (non-hydrogen) atoms. The first kappa shape index (κ1) is 10.7. The largest absolute Gasteiger partial charge is 0.481 e. The van der Waals surface area contributed by atoms with Gasteiger partial charge in [0.25, 0.3) is 0 Å². The number of aromatic nitrogens is 2. The van der Waals surface area contributed by atoms with E-state index in [4.69, 9.17) is 5.11 Å². The molecule has 2 rings (SSSR count). The Bertz CT molecular complexity index is 400. The molecule has 0 fully saturated rings. The highest BCUT2D eigenvalue weighted by atomic mass is 79.9. The number of fused-ring (bicyclic) bond motifs is 1. The lowest BCUT2D eigenvalue weighted by molar-refractivity contribution is -0.138. The van der Waals surface area contributed by atoms with Crippen LogP contribution in [-0.2, 0) is 17.8 Å². The first-order valence-electron chi connectivity index (χ1n) is 5.09. The van der Waals surface area contributed by atoms with E-state index in [0.717, 1.165) is 36.1 Å². The van der Waals surface area contributed by atoms with Crippen molar-refractivity contribution in [2.24, 2.45) is 0 Å². The van der Waals surface area contributed by atoms with E-state index < -0.39 is 11.9 Å². The topological polar surface area (TPSA) is 55.1 Å². The van der Waals surface area contributed by atoms with Gasteiger partial charge in [-0.1, -0.05) is 0 Å². The summed E-state index contributed by atoms with van der Waals surface area (Å²) >= 11 is 3.40. The number of halogens is 1. The second-order valence-electron chi connectivity index (χ2n) is 3.88. The minimum absolute atomic E-state index is 0.534. The summed E-state index contributed by atoms with van der Waals surface area (Å²) in [5.41, 5.74) is 1.14. The van der Waals surface area contributed by atoms with Crippen LogP contribution in [0.2, 0.25) is 0 Å². The number of hydrogen-bond acceptors (Lipinski definition) is 2. The van der Waals surface area contributed by atoms with Crippen molar-refractivity contribution in [2.45, 2.75) is 38.6 Å². The summed E-state index contributed by atoms with van der Waals surface area (Å²) in [7, 11) is 0. The van der Waals surface area contributed by atoms with Crippen molar-refractivity contribution in [3.8, 4) is 0 Å². The minimum Gasteiger partial charge on any atom is -0.481 e. The normalized spacial score (nSPS) is 17.2. The van der Waals surface area contributed by atoms with Gasteiger partial charge in [0.2, 0.25) is 0 Å². The standard InChI is InChI=1S/C10H13BrN2O2/c1-6(10(14)15)9-12-8(11)7-4-2-3-5-13(7)9/h6H,2-5H2,1H3,(H,14,15). The van der Waals surface area contributed by atoms with Gasteiger partial charge in [-0.3, -0.25) is 4.79 Å². The van der Waals surface area contributed by atoms with Gasteiger partial charge in [-0.25, -0.2) is 4.98 Å². The zero-order chi connectivity index (χ0) is 11.0. The lowest BCUT2D eigenvalue weighted by Gasteiger charge is -2.17. The highest BCUT2D eigenvalue weighted by molar-refractivity contribution is 9.10. The summed E-state index contributed by atoms with van der Waals surface area (Å²) in [6.07, 6.45) is 3.25. The van der Waals surface area contributed by atoms with E-state index in [1.165, 1.54) is 0 Å². The molecule has 0 aromatic carbocycles. The van der Waals surface area contributed by atoms with Crippen LogP contribution >= 0.6 is 15.9 Å². The molecule has 4 nitrogen and oxygen atoms in total. The Kier molecular flexibility index (Phi) is 2.82. The highest BCUT2D eigenvalue weighted by Crippen LogP contribution is 2.28. The van der Waals surface area contributed by atoms with Crippen LogP contribution in [0.5, 0.6) is 0 Å². The van der Waals surface area contributed by atoms with E-state index in [-0.39, 0.29) is 0 Å². The maximum Gasteiger partial charge on any atom is 0.313 e. The predicted molar refractivity (Wildman–Crippen MR) is 58.9 cm³/mol. The molecule has 0 saturated carbocycles. The molecular weight excluding hydrogens is 260 g/mol. The van der Waals surface area contributed by atoms with Crippen LogP contribution < -0.4 is 0 Å². The van der Waals surface area contributed by atoms with E-state index in [1.54, 1.807) is 6.92 Å². The van der Waals surface area contributed by atoms with Crippen molar-refractivity contribution in [1.82, 2.24) is 9.55 Å². The van der Waals surface area contributed by atoms with Gasteiger partial charge in [0.15, 0.2) is 0 Å². The lowest BCUT2D eigenvalue weighted by atomic mass is 10.1. The summed E-state index contributed by atoms with van der Waals surface area (Å²) in [6.45, 7) is 2.57. The summed E-state index contributed by atoms with van der Waals surface area (Å²) < 4.78 is 2.86. The first-order chi connectivity index (χ1) is 7.11. The zero-order valence-corrected chi connectivity index (χ0v) is 10.1. The molecule has 1 aromatic heterocycles. The van der Waals surface area contributed by atoms with E-state index in [2.05, 4.69) is 20.9 Å². The van der Waals surface area contributed by atoms with E-state index in [9.17, 15) is 4.79 Å². The lowest BCUT2D eigenvalue weighted by Crippen LogP contribution is -2.18. The highest BCUT2D eigenvalue weighted by Gasteiger charge is 2.25. The summed E-state index contributed by atoms with van der Waals surface area (Å²) in [5.74, 6) is -0.682. The molecule has 1 aromatic rings. The van der Waals surface area contributed by atoms with Gasteiger partial charge in [0.05, 0.1) is 5.69 Å². The van der Waals surface area contributed by atoms with E-state index in [1.807, 2.05) is 4.57 Å². The van der Waals surface area contributed by atoms with Gasteiger partial charge in [-0.15, -0.1) is 0 Å². The van der Waals surface area contributed by atoms with Gasteiger partial charge >= 0.3 is 5.97 Å². The fraction of sp³-hybridized carbons (Fsp3) is 0.600. The number of carbonyl (C=O) groups is 1. The Labute approximate surface area is 96.4 Å². The van der Waals surface area contributed by atoms with E-state index in [0.29, 0.717) is 5.82 Å². The van der Waals surface area contributed by atoms with Crippen LogP contribution in [0.15, 0.2) is 4.60 Å². The van der Waals surface area contributed by atoms with Crippen LogP contribution in [0.3, 0.4) is 0 Å². The fourth-order valence-corrected chi connectivity index (χ4v) is 2.56. The quantitative estimate of drug-likeness (QED) is 0.898. The Morgan fingerprint density at radius 2 is 2.33 bits per heavy atom. The first-order valence-corrected chi connectivity index (χ1v) is 5.88. The van der Waals surface area contributed by atoms with Gasteiger partial charge in [0.1, 0.15) is 16.3 Å². The smallest absolute Gasteiger partial charge is 0.313 e. The molecule has 0 amide bonds.